The minimum Gasteiger partial charge on any atom is -0.481 e. The molecule has 23 heteroatoms. The van der Waals surface area contributed by atoms with Gasteiger partial charge in [0.05, 0.1) is 41.8 Å². The van der Waals surface area contributed by atoms with E-state index in [4.69, 9.17) is 29.8 Å². The summed E-state index contributed by atoms with van der Waals surface area (Å²) >= 11 is 0. The van der Waals surface area contributed by atoms with Gasteiger partial charge in [-0.2, -0.15) is 0 Å². The molecule has 4 heterocycles. The summed E-state index contributed by atoms with van der Waals surface area (Å²) in [6.45, 7) is 39.8. The van der Waals surface area contributed by atoms with Crippen LogP contribution in [0.5, 0.6) is 0 Å². The zero-order valence-electron chi connectivity index (χ0n) is 73.5. The number of aromatic nitrogens is 9. The second-order valence-corrected chi connectivity index (χ2v) is 43.2. The van der Waals surface area contributed by atoms with Crippen molar-refractivity contribution in [2.24, 2.45) is 112 Å². The summed E-state index contributed by atoms with van der Waals surface area (Å²) in [6, 6.07) is 2.88. The summed E-state index contributed by atoms with van der Waals surface area (Å²) in [6.07, 6.45) is 16.5. The average molecular weight is 1600 g/mol. The smallest absolute Gasteiger partial charge is 0.310 e. The zero-order chi connectivity index (χ0) is 84.3. The van der Waals surface area contributed by atoms with Crippen molar-refractivity contribution in [3.63, 3.8) is 0 Å². The average Bonchev–Trinajstić information content (AvgIpc) is 1.14. The molecule has 4 aromatic heterocycles. The number of pyridine rings is 1. The Balaban J connectivity index is 0.674. The molecular weight excluding hydrogens is 1470 g/mol. The highest BCUT2D eigenvalue weighted by Gasteiger charge is 2.73. The molecular formula is C93H133F2N11O10. The van der Waals surface area contributed by atoms with Gasteiger partial charge in [0, 0.05) is 79.9 Å². The van der Waals surface area contributed by atoms with E-state index in [-0.39, 0.29) is 103 Å². The van der Waals surface area contributed by atoms with Crippen LogP contribution in [0.15, 0.2) is 46.8 Å². The summed E-state index contributed by atoms with van der Waals surface area (Å²) in [5.41, 5.74) is -0.647. The van der Waals surface area contributed by atoms with Gasteiger partial charge in [0.2, 0.25) is 5.82 Å². The fourth-order valence-electron chi connectivity index (χ4n) is 28.1. The summed E-state index contributed by atoms with van der Waals surface area (Å²) < 4.78 is 47.9. The molecule has 8 fully saturated rings. The number of carboxylic acid groups (broad SMARTS) is 2. The van der Waals surface area contributed by atoms with Crippen LogP contribution < -0.4 is 0 Å². The number of hydrogen-bond donors (Lipinski definition) is 2. The van der Waals surface area contributed by atoms with Gasteiger partial charge >= 0.3 is 23.9 Å². The second-order valence-electron chi connectivity index (χ2n) is 43.2. The van der Waals surface area contributed by atoms with E-state index in [1.54, 1.807) is 19.9 Å². The maximum atomic E-state index is 16.7. The van der Waals surface area contributed by atoms with Crippen LogP contribution in [-0.2, 0) is 70.6 Å². The molecule has 14 rings (SSSR count). The van der Waals surface area contributed by atoms with E-state index < -0.39 is 81.5 Å². The number of halogens is 2. The van der Waals surface area contributed by atoms with Crippen LogP contribution in [-0.4, -0.2) is 153 Å². The van der Waals surface area contributed by atoms with Gasteiger partial charge < -0.3 is 38.6 Å². The number of esters is 2. The van der Waals surface area contributed by atoms with Gasteiger partial charge in [0.15, 0.2) is 29.0 Å². The van der Waals surface area contributed by atoms with Crippen LogP contribution >= 0.6 is 0 Å². The molecule has 0 aliphatic heterocycles. The zero-order valence-corrected chi connectivity index (χ0v) is 73.5. The molecule has 0 radical (unpaired) electrons. The Kier molecular flexibility index (Phi) is 21.9. The molecule has 634 valence electrons. The largest absolute Gasteiger partial charge is 0.481 e. The Morgan fingerprint density at radius 1 is 0.543 bits per heavy atom. The number of hydrogen-bond acceptors (Lipinski definition) is 17. The van der Waals surface area contributed by atoms with E-state index in [0.717, 1.165) is 119 Å². The highest BCUT2D eigenvalue weighted by atomic mass is 19.1. The lowest BCUT2D eigenvalue weighted by Crippen LogP contribution is -2.65. The molecule has 0 aromatic carbocycles. The van der Waals surface area contributed by atoms with E-state index >= 15 is 9.18 Å². The van der Waals surface area contributed by atoms with Gasteiger partial charge in [-0.05, 0) is 255 Å². The number of carbonyl (C=O) groups excluding carboxylic acids is 4. The maximum absolute atomic E-state index is 16.7. The number of carboxylic acids is 2. The minimum atomic E-state index is -1.82. The summed E-state index contributed by atoms with van der Waals surface area (Å²) in [5.74, 6) is 0.0225. The number of likely N-dealkylation sites (N-methyl/N-ethyl adjacent to an activating group) is 2. The summed E-state index contributed by atoms with van der Waals surface area (Å²) in [5, 5.41) is 40.5. The Morgan fingerprint density at radius 3 is 1.41 bits per heavy atom. The predicted octanol–water partition coefficient (Wildman–Crippen LogP) is 16.9. The third kappa shape index (κ3) is 13.6. The summed E-state index contributed by atoms with van der Waals surface area (Å²) in [4.78, 5) is 102. The Bertz CT molecular complexity index is 4630. The molecule has 21 nitrogen and oxygen atoms in total. The van der Waals surface area contributed by atoms with E-state index in [0.29, 0.717) is 106 Å². The Hall–Kier alpha value is -7.01. The molecule has 10 aliphatic carbocycles. The number of allylic oxidation sites excluding steroid dienone is 4. The Labute approximate surface area is 686 Å². The maximum Gasteiger partial charge on any atom is 0.310 e. The van der Waals surface area contributed by atoms with Crippen molar-refractivity contribution < 1.29 is 57.2 Å². The van der Waals surface area contributed by atoms with Crippen molar-refractivity contribution in [3.8, 4) is 23.2 Å². The topological polar surface area (TPSA) is 268 Å². The number of rotatable bonds is 24. The molecule has 10 aliphatic rings. The number of ketones is 2. The molecule has 0 spiro atoms. The van der Waals surface area contributed by atoms with Gasteiger partial charge in [-0.15, -0.1) is 20.4 Å². The molecule has 0 amide bonds. The van der Waals surface area contributed by atoms with Crippen molar-refractivity contribution in [3.05, 3.63) is 75.8 Å². The molecule has 17 atom stereocenters. The lowest BCUT2D eigenvalue weighted by atomic mass is 9.33. The first-order valence-corrected chi connectivity index (χ1v) is 43.8. The van der Waals surface area contributed by atoms with E-state index in [1.807, 2.05) is 28.2 Å². The van der Waals surface area contributed by atoms with Gasteiger partial charge in [-0.3, -0.25) is 28.8 Å². The second kappa shape index (κ2) is 29.7. The number of nitrogens with zero attached hydrogens (tertiary/aromatic N) is 11. The monoisotopic (exact) mass is 1600 g/mol. The van der Waals surface area contributed by atoms with E-state index in [2.05, 4.69) is 131 Å². The van der Waals surface area contributed by atoms with Crippen molar-refractivity contribution in [1.29, 1.82) is 0 Å². The third-order valence-corrected chi connectivity index (χ3v) is 34.5. The highest BCUT2D eigenvalue weighted by molar-refractivity contribution is 6.01. The van der Waals surface area contributed by atoms with Crippen LogP contribution in [0, 0.1) is 124 Å². The summed E-state index contributed by atoms with van der Waals surface area (Å²) in [7, 11) is 8.04. The number of Topliss-reactive ketones (excluding diaryl/α,β-unsaturated/α-hetero) is 2. The van der Waals surface area contributed by atoms with Gasteiger partial charge in [0.1, 0.15) is 35.4 Å². The van der Waals surface area contributed by atoms with Crippen LogP contribution in [0.3, 0.4) is 0 Å². The standard InChI is InChI=1S/C93H133F2N11O10/c1-53(2)73-61(107)45-92(38-36-88(14)56(75(73)92)22-26-65-86(12)32-30-67(115-71(109)49-82(5,6)80(111)112)83(7,8)63(86)28-34-90(65,88)16)47-69-99-101-78(105(69)42-40-103(18)19)59-25-24-58(95)60(98-59)44-85(11,81(113)114)50-72(110)116-68-31-33-87(13)64(84(68,9)10)29-35-91(17)66(87)27-23-57-76-74(54(3)4)62(108)46-93(76,39-37-89(57,91)15)48-70-100-102-79(106(70)43-41-104(20)21)77-96-51-55(94)52-97-77/h24-25,51-54,56-57,63-68H,22-23,26-50H2,1-21H3,(H,111,112)(H,113,114)/t56-,57-,63+,64+,65-,66-,67+,68+,85?,86+,87+,88-,89-,90-,91-,92+,93+/m1/s1. The first-order valence-electron chi connectivity index (χ1n) is 43.8. The fourth-order valence-corrected chi connectivity index (χ4v) is 28.1. The SMILES string of the molecule is CC(C)C1=C2[C@H]3CC[C@@H]4[C@@]5(C)CC[C@H](OC(=O)CC(C)(C)C(=O)O)C(C)(C)[C@@H]5CC[C@@]4(C)[C@]3(C)CC[C@@]2(Cc2nnc(-c3ccc(F)c(CC(C)(CC(=O)O[C@H]4CC[C@]5(C)[C@H]6CC[C@@H]7C8=C(C(C)C)C(=O)C[C@]8(Cc8nnc(-c9ncc(F)cn9)n8CCN(C)C)CC[C@@]7(C)[C@]6(C)CC[C@H]5C4(C)C)C(=O)O)n3)n2CCN(C)C)CC1=O. The molecule has 2 N–H and O–H groups in total. The normalized spacial score (nSPS) is 35.0. The van der Waals surface area contributed by atoms with Crippen molar-refractivity contribution in [2.45, 2.75) is 291 Å². The number of ether oxygens (including phenoxy) is 2. The van der Waals surface area contributed by atoms with Crippen LogP contribution in [0.25, 0.3) is 23.2 Å². The molecule has 4 aromatic rings. The fraction of sp³-hybridized carbons (Fsp3) is 0.753. The van der Waals surface area contributed by atoms with Gasteiger partial charge in [-0.25, -0.2) is 23.7 Å². The molecule has 0 bridgehead atoms. The number of fused-ring (bicyclic) bond motifs is 14. The molecule has 8 saturated carbocycles. The van der Waals surface area contributed by atoms with Crippen LogP contribution in [0.4, 0.5) is 8.78 Å². The molecule has 0 saturated heterocycles. The van der Waals surface area contributed by atoms with E-state index in [9.17, 15) is 38.6 Å². The van der Waals surface area contributed by atoms with Gasteiger partial charge in [0.25, 0.3) is 0 Å². The first-order chi connectivity index (χ1) is 54.1. The number of aliphatic carboxylic acids is 2. The van der Waals surface area contributed by atoms with Crippen molar-refractivity contribution in [1.82, 2.24) is 54.3 Å². The van der Waals surface area contributed by atoms with E-state index in [1.165, 1.54) is 24.1 Å². The van der Waals surface area contributed by atoms with Crippen LogP contribution in [0.2, 0.25) is 0 Å². The van der Waals surface area contributed by atoms with Crippen molar-refractivity contribution >= 4 is 35.4 Å². The van der Waals surface area contributed by atoms with Crippen LogP contribution in [0.1, 0.15) is 263 Å². The Morgan fingerprint density at radius 2 is 0.983 bits per heavy atom. The number of carbonyl (C=O) groups is 6. The highest BCUT2D eigenvalue weighted by Crippen LogP contribution is 2.80. The lowest BCUT2D eigenvalue weighted by molar-refractivity contribution is -0.233. The first kappa shape index (κ1) is 85.4. The molecule has 1 unspecified atom stereocenters. The van der Waals surface area contributed by atoms with Crippen molar-refractivity contribution in [2.75, 3.05) is 41.3 Å². The lowest BCUT2D eigenvalue weighted by Gasteiger charge is -2.72. The quantitative estimate of drug-likeness (QED) is 0.0617. The minimum absolute atomic E-state index is 0.000615. The third-order valence-electron chi connectivity index (χ3n) is 34.5. The predicted molar refractivity (Wildman–Crippen MR) is 437 cm³/mol. The molecule has 116 heavy (non-hydrogen) atoms. The van der Waals surface area contributed by atoms with Gasteiger partial charge in [-0.1, -0.05) is 108 Å².